The van der Waals surface area contributed by atoms with E-state index in [0.717, 1.165) is 26.2 Å². The summed E-state index contributed by atoms with van der Waals surface area (Å²) in [5, 5.41) is 3.16. The van der Waals surface area contributed by atoms with Crippen LogP contribution in [0.25, 0.3) is 0 Å². The molecule has 0 bridgehead atoms. The van der Waals surface area contributed by atoms with Gasteiger partial charge in [-0.05, 0) is 0 Å². The Morgan fingerprint density at radius 2 is 2.10 bits per heavy atom. The Balaban J connectivity index is 2.31. The lowest BCUT2D eigenvalue weighted by molar-refractivity contribution is 0.326. The number of hydrogen-bond donors (Lipinski definition) is 1. The van der Waals surface area contributed by atoms with Crippen molar-refractivity contribution < 1.29 is 8.39 Å². The molecule has 4 nitrogen and oxygen atoms in total. The average Bonchev–Trinajstić information content (AvgIpc) is 2.05. The summed E-state index contributed by atoms with van der Waals surface area (Å²) in [6.07, 6.45) is 0. The van der Waals surface area contributed by atoms with Crippen LogP contribution in [0.4, 0.5) is 0 Å². The molecule has 1 N–H and O–H groups in total. The van der Waals surface area contributed by atoms with E-state index < -0.39 is 11.3 Å². The fraction of sp³-hybridized carbons (Fsp3) is 1.00. The van der Waals surface area contributed by atoms with Crippen LogP contribution in [-0.4, -0.2) is 41.8 Å². The molecule has 0 aliphatic carbocycles. The SMILES string of the molecule is COS(=O)N1CCNCC1. The molecule has 1 unspecified atom stereocenters. The molecule has 1 atom stereocenters. The van der Waals surface area contributed by atoms with Crippen molar-refractivity contribution in [2.75, 3.05) is 33.3 Å². The van der Waals surface area contributed by atoms with Gasteiger partial charge >= 0.3 is 0 Å². The van der Waals surface area contributed by atoms with Crippen molar-refractivity contribution in [2.45, 2.75) is 0 Å². The molecule has 1 aliphatic rings. The van der Waals surface area contributed by atoms with Crippen LogP contribution in [0, 0.1) is 0 Å². The standard InChI is InChI=1S/C5H12N2O2S/c1-9-10(8)7-4-2-6-3-5-7/h6H,2-5H2,1H3. The van der Waals surface area contributed by atoms with Gasteiger partial charge in [-0.2, -0.15) is 4.31 Å². The van der Waals surface area contributed by atoms with Crippen molar-refractivity contribution in [3.63, 3.8) is 0 Å². The summed E-state index contributed by atoms with van der Waals surface area (Å²) in [5.74, 6) is 0. The van der Waals surface area contributed by atoms with Crippen molar-refractivity contribution in [3.8, 4) is 0 Å². The van der Waals surface area contributed by atoms with Gasteiger partial charge in [-0.15, -0.1) is 0 Å². The Kier molecular flexibility index (Phi) is 3.27. The van der Waals surface area contributed by atoms with Crippen molar-refractivity contribution in [1.82, 2.24) is 9.62 Å². The Morgan fingerprint density at radius 1 is 1.50 bits per heavy atom. The first-order chi connectivity index (χ1) is 4.84. The van der Waals surface area contributed by atoms with Gasteiger partial charge in [0.15, 0.2) is 0 Å². The van der Waals surface area contributed by atoms with Gasteiger partial charge in [-0.1, -0.05) is 0 Å². The van der Waals surface area contributed by atoms with Crippen molar-refractivity contribution in [1.29, 1.82) is 0 Å². The van der Waals surface area contributed by atoms with Gasteiger partial charge < -0.3 is 5.32 Å². The maximum absolute atomic E-state index is 11.0. The Bertz CT molecular complexity index is 125. The highest BCUT2D eigenvalue weighted by molar-refractivity contribution is 7.77. The summed E-state index contributed by atoms with van der Waals surface area (Å²) in [4.78, 5) is 0. The van der Waals surface area contributed by atoms with Crippen LogP contribution < -0.4 is 5.32 Å². The minimum absolute atomic E-state index is 0.806. The molecule has 0 aromatic carbocycles. The van der Waals surface area contributed by atoms with E-state index in [2.05, 4.69) is 9.50 Å². The lowest BCUT2D eigenvalue weighted by Crippen LogP contribution is -2.44. The molecular formula is C5H12N2O2S. The molecule has 0 saturated carbocycles. The zero-order valence-electron chi connectivity index (χ0n) is 6.00. The molecule has 0 spiro atoms. The lowest BCUT2D eigenvalue weighted by Gasteiger charge is -2.23. The number of nitrogens with one attached hydrogen (secondary N) is 1. The number of rotatable bonds is 2. The molecule has 1 fully saturated rings. The van der Waals surface area contributed by atoms with E-state index in [0.29, 0.717) is 0 Å². The smallest absolute Gasteiger partial charge is 0.236 e. The minimum atomic E-state index is -1.22. The zero-order chi connectivity index (χ0) is 7.40. The topological polar surface area (TPSA) is 41.6 Å². The molecule has 0 amide bonds. The molecule has 1 aliphatic heterocycles. The number of piperazine rings is 1. The number of nitrogens with zero attached hydrogens (tertiary/aromatic N) is 1. The lowest BCUT2D eigenvalue weighted by atomic mass is 10.4. The largest absolute Gasteiger partial charge is 0.314 e. The molecule has 1 rings (SSSR count). The summed E-state index contributed by atoms with van der Waals surface area (Å²) >= 11 is -1.22. The van der Waals surface area contributed by atoms with Gasteiger partial charge in [0.25, 0.3) is 0 Å². The van der Waals surface area contributed by atoms with Crippen molar-refractivity contribution in [2.24, 2.45) is 0 Å². The third kappa shape index (κ3) is 2.02. The van der Waals surface area contributed by atoms with Gasteiger partial charge in [-0.25, -0.2) is 4.21 Å². The van der Waals surface area contributed by atoms with E-state index in [4.69, 9.17) is 0 Å². The molecule has 1 saturated heterocycles. The maximum Gasteiger partial charge on any atom is 0.236 e. The molecule has 5 heteroatoms. The van der Waals surface area contributed by atoms with E-state index in [1.165, 1.54) is 7.11 Å². The number of hydrogen-bond acceptors (Lipinski definition) is 3. The monoisotopic (exact) mass is 164 g/mol. The van der Waals surface area contributed by atoms with Crippen LogP contribution in [0.15, 0.2) is 0 Å². The van der Waals surface area contributed by atoms with Crippen LogP contribution in [0.2, 0.25) is 0 Å². The molecular weight excluding hydrogens is 152 g/mol. The fourth-order valence-electron chi connectivity index (χ4n) is 0.899. The first-order valence-corrected chi connectivity index (χ1v) is 4.30. The average molecular weight is 164 g/mol. The summed E-state index contributed by atoms with van der Waals surface area (Å²) < 4.78 is 17.4. The Morgan fingerprint density at radius 3 is 2.60 bits per heavy atom. The molecule has 0 radical (unpaired) electrons. The van der Waals surface area contributed by atoms with Gasteiger partial charge in [0.2, 0.25) is 11.3 Å². The quantitative estimate of drug-likeness (QED) is 0.576. The predicted octanol–water partition coefficient (Wildman–Crippen LogP) is -0.883. The predicted molar refractivity (Wildman–Crippen MR) is 39.6 cm³/mol. The van der Waals surface area contributed by atoms with Gasteiger partial charge in [0, 0.05) is 26.2 Å². The van der Waals surface area contributed by atoms with Crippen LogP contribution in [0.1, 0.15) is 0 Å². The maximum atomic E-state index is 11.0. The van der Waals surface area contributed by atoms with Gasteiger partial charge in [0.1, 0.15) is 0 Å². The Hall–Kier alpha value is 0.0300. The second kappa shape index (κ2) is 4.02. The highest BCUT2D eigenvalue weighted by atomic mass is 32.2. The normalized spacial score (nSPS) is 24.5. The van der Waals surface area contributed by atoms with E-state index in [1.807, 2.05) is 0 Å². The van der Waals surface area contributed by atoms with Crippen LogP contribution in [-0.2, 0) is 15.4 Å². The molecule has 1 heterocycles. The van der Waals surface area contributed by atoms with E-state index in [-0.39, 0.29) is 0 Å². The van der Waals surface area contributed by atoms with E-state index in [9.17, 15) is 4.21 Å². The van der Waals surface area contributed by atoms with Crippen molar-refractivity contribution in [3.05, 3.63) is 0 Å². The summed E-state index contributed by atoms with van der Waals surface area (Å²) in [6.45, 7) is 3.41. The molecule has 0 aromatic heterocycles. The third-order valence-electron chi connectivity index (χ3n) is 1.43. The molecule has 10 heavy (non-hydrogen) atoms. The zero-order valence-corrected chi connectivity index (χ0v) is 6.82. The van der Waals surface area contributed by atoms with E-state index >= 15 is 0 Å². The second-order valence-corrected chi connectivity index (χ2v) is 3.35. The van der Waals surface area contributed by atoms with E-state index in [1.54, 1.807) is 4.31 Å². The highest BCUT2D eigenvalue weighted by Gasteiger charge is 2.14. The fourth-order valence-corrected chi connectivity index (χ4v) is 1.59. The molecule has 60 valence electrons. The van der Waals surface area contributed by atoms with Crippen LogP contribution >= 0.6 is 0 Å². The first-order valence-electron chi connectivity index (χ1n) is 3.26. The van der Waals surface area contributed by atoms with Gasteiger partial charge in [0.05, 0.1) is 7.11 Å². The minimum Gasteiger partial charge on any atom is -0.314 e. The second-order valence-electron chi connectivity index (χ2n) is 2.06. The van der Waals surface area contributed by atoms with Crippen LogP contribution in [0.3, 0.4) is 0 Å². The van der Waals surface area contributed by atoms with Crippen LogP contribution in [0.5, 0.6) is 0 Å². The summed E-state index contributed by atoms with van der Waals surface area (Å²) in [6, 6.07) is 0. The molecule has 0 aromatic rings. The van der Waals surface area contributed by atoms with Gasteiger partial charge in [-0.3, -0.25) is 4.18 Å². The summed E-state index contributed by atoms with van der Waals surface area (Å²) in [7, 11) is 1.46. The first kappa shape index (κ1) is 8.13. The summed E-state index contributed by atoms with van der Waals surface area (Å²) in [5.41, 5.74) is 0. The highest BCUT2D eigenvalue weighted by Crippen LogP contribution is 1.97. The van der Waals surface area contributed by atoms with Crippen molar-refractivity contribution >= 4 is 11.3 Å². The third-order valence-corrected chi connectivity index (χ3v) is 2.50. The Labute approximate surface area is 63.3 Å².